The number of imide groups is 1. The van der Waals surface area contributed by atoms with Crippen LogP contribution in [-0.2, 0) is 4.79 Å². The van der Waals surface area contributed by atoms with Crippen LogP contribution in [0, 0.1) is 0 Å². The maximum absolute atomic E-state index is 12.0. The molecule has 26 heavy (non-hydrogen) atoms. The van der Waals surface area contributed by atoms with E-state index >= 15 is 0 Å². The van der Waals surface area contributed by atoms with Gasteiger partial charge in [0.05, 0.1) is 0 Å². The number of carbonyl (C=O) groups is 3. The standard InChI is InChI=1S/C18H21N5O3/c1-12(16(24)23-17(25)19-2)20-14-9-6-10-15(11-14)22-18(26)21-13-7-4-3-5-8-13/h3-12,20H,1-2H3,(H2,21,22,26)(H2,19,23,24,25)/t12-/m0/s1. The second-order valence-electron chi connectivity index (χ2n) is 5.46. The number of hydrogen-bond donors (Lipinski definition) is 5. The lowest BCUT2D eigenvalue weighted by molar-refractivity contribution is -0.120. The minimum absolute atomic E-state index is 0.376. The van der Waals surface area contributed by atoms with Crippen LogP contribution in [0.4, 0.5) is 26.7 Å². The summed E-state index contributed by atoms with van der Waals surface area (Å²) in [6.45, 7) is 1.63. The van der Waals surface area contributed by atoms with E-state index in [1.807, 2.05) is 18.2 Å². The van der Waals surface area contributed by atoms with Crippen molar-refractivity contribution in [2.24, 2.45) is 0 Å². The molecule has 0 spiro atoms. The molecule has 0 unspecified atom stereocenters. The van der Waals surface area contributed by atoms with Crippen LogP contribution in [0.1, 0.15) is 6.92 Å². The first-order chi connectivity index (χ1) is 12.5. The molecule has 0 aliphatic rings. The molecule has 0 fully saturated rings. The molecule has 5 amide bonds. The topological polar surface area (TPSA) is 111 Å². The lowest BCUT2D eigenvalue weighted by atomic mass is 10.2. The fourth-order valence-electron chi connectivity index (χ4n) is 2.10. The summed E-state index contributed by atoms with van der Waals surface area (Å²) in [7, 11) is 1.43. The summed E-state index contributed by atoms with van der Waals surface area (Å²) in [5.41, 5.74) is 1.86. The van der Waals surface area contributed by atoms with Gasteiger partial charge in [-0.2, -0.15) is 0 Å². The van der Waals surface area contributed by atoms with Crippen molar-refractivity contribution >= 4 is 35.0 Å². The Labute approximate surface area is 151 Å². The van der Waals surface area contributed by atoms with E-state index in [4.69, 9.17) is 0 Å². The summed E-state index contributed by atoms with van der Waals surface area (Å²) in [5, 5.41) is 12.9. The molecule has 2 aromatic rings. The zero-order chi connectivity index (χ0) is 18.9. The van der Waals surface area contributed by atoms with Crippen molar-refractivity contribution in [1.29, 1.82) is 0 Å². The van der Waals surface area contributed by atoms with E-state index in [1.54, 1.807) is 43.3 Å². The fraction of sp³-hybridized carbons (Fsp3) is 0.167. The molecule has 0 saturated heterocycles. The molecule has 0 aliphatic carbocycles. The molecule has 0 saturated carbocycles. The molecular formula is C18H21N5O3. The molecule has 8 nitrogen and oxygen atoms in total. The van der Waals surface area contributed by atoms with E-state index in [-0.39, 0.29) is 6.03 Å². The van der Waals surface area contributed by atoms with Crippen molar-refractivity contribution in [3.05, 3.63) is 54.6 Å². The van der Waals surface area contributed by atoms with Crippen molar-refractivity contribution in [3.63, 3.8) is 0 Å². The summed E-state index contributed by atoms with van der Waals surface area (Å²) in [5.74, 6) is -0.468. The highest BCUT2D eigenvalue weighted by Crippen LogP contribution is 2.16. The molecule has 136 valence electrons. The highest BCUT2D eigenvalue weighted by Gasteiger charge is 2.15. The second-order valence-corrected chi connectivity index (χ2v) is 5.46. The van der Waals surface area contributed by atoms with Crippen LogP contribution in [0.2, 0.25) is 0 Å². The second kappa shape index (κ2) is 9.07. The van der Waals surface area contributed by atoms with Crippen LogP contribution in [-0.4, -0.2) is 31.1 Å². The first kappa shape index (κ1) is 18.8. The number of amides is 5. The quantitative estimate of drug-likeness (QED) is 0.567. The lowest BCUT2D eigenvalue weighted by Crippen LogP contribution is -2.44. The largest absolute Gasteiger partial charge is 0.374 e. The number of urea groups is 2. The third kappa shape index (κ3) is 5.82. The normalized spacial score (nSPS) is 11.0. The third-order valence-corrected chi connectivity index (χ3v) is 3.39. The summed E-state index contributed by atoms with van der Waals surface area (Å²) in [6, 6.07) is 14.4. The highest BCUT2D eigenvalue weighted by atomic mass is 16.2. The maximum atomic E-state index is 12.0. The molecule has 5 N–H and O–H groups in total. The van der Waals surface area contributed by atoms with Crippen LogP contribution in [0.15, 0.2) is 54.6 Å². The Morgan fingerprint density at radius 3 is 2.12 bits per heavy atom. The van der Waals surface area contributed by atoms with Gasteiger partial charge < -0.3 is 21.3 Å². The van der Waals surface area contributed by atoms with Gasteiger partial charge in [0.2, 0.25) is 5.91 Å². The van der Waals surface area contributed by atoms with Gasteiger partial charge >= 0.3 is 12.1 Å². The number of nitrogens with one attached hydrogen (secondary N) is 5. The molecule has 2 rings (SSSR count). The number of rotatable bonds is 5. The van der Waals surface area contributed by atoms with E-state index in [9.17, 15) is 14.4 Å². The van der Waals surface area contributed by atoms with E-state index in [2.05, 4.69) is 26.6 Å². The Morgan fingerprint density at radius 1 is 0.808 bits per heavy atom. The Bertz CT molecular complexity index is 779. The maximum Gasteiger partial charge on any atom is 0.323 e. The molecule has 0 bridgehead atoms. The van der Waals surface area contributed by atoms with Crippen molar-refractivity contribution in [2.75, 3.05) is 23.0 Å². The monoisotopic (exact) mass is 355 g/mol. The zero-order valence-corrected chi connectivity index (χ0v) is 14.5. The third-order valence-electron chi connectivity index (χ3n) is 3.39. The van der Waals surface area contributed by atoms with E-state index in [0.29, 0.717) is 17.1 Å². The number of benzene rings is 2. The van der Waals surface area contributed by atoms with Gasteiger partial charge in [-0.15, -0.1) is 0 Å². The van der Waals surface area contributed by atoms with Crippen molar-refractivity contribution in [3.8, 4) is 0 Å². The van der Waals surface area contributed by atoms with Gasteiger partial charge in [0, 0.05) is 24.1 Å². The molecular weight excluding hydrogens is 334 g/mol. The fourth-order valence-corrected chi connectivity index (χ4v) is 2.10. The van der Waals surface area contributed by atoms with Crippen molar-refractivity contribution < 1.29 is 14.4 Å². The average molecular weight is 355 g/mol. The van der Waals surface area contributed by atoms with E-state index in [0.717, 1.165) is 0 Å². The first-order valence-electron chi connectivity index (χ1n) is 8.00. The van der Waals surface area contributed by atoms with Gasteiger partial charge in [0.1, 0.15) is 6.04 Å². The Kier molecular flexibility index (Phi) is 6.55. The smallest absolute Gasteiger partial charge is 0.323 e. The molecule has 0 heterocycles. The predicted octanol–water partition coefficient (Wildman–Crippen LogP) is 2.59. The molecule has 2 aromatic carbocycles. The zero-order valence-electron chi connectivity index (χ0n) is 14.5. The van der Waals surface area contributed by atoms with Gasteiger partial charge in [-0.1, -0.05) is 24.3 Å². The molecule has 8 heteroatoms. The molecule has 1 atom stereocenters. The summed E-state index contributed by atoms with van der Waals surface area (Å²) >= 11 is 0. The van der Waals surface area contributed by atoms with E-state index < -0.39 is 18.0 Å². The summed E-state index contributed by atoms with van der Waals surface area (Å²) in [4.78, 5) is 35.1. The summed E-state index contributed by atoms with van der Waals surface area (Å²) < 4.78 is 0. The SMILES string of the molecule is CNC(=O)NC(=O)[C@H](C)Nc1cccc(NC(=O)Nc2ccccc2)c1. The van der Waals surface area contributed by atoms with Gasteiger partial charge in [0.25, 0.3) is 0 Å². The van der Waals surface area contributed by atoms with Crippen LogP contribution >= 0.6 is 0 Å². The van der Waals surface area contributed by atoms with Crippen molar-refractivity contribution in [1.82, 2.24) is 10.6 Å². The lowest BCUT2D eigenvalue weighted by Gasteiger charge is -2.15. The van der Waals surface area contributed by atoms with Gasteiger partial charge in [0.15, 0.2) is 0 Å². The Balaban J connectivity index is 1.93. The molecule has 0 aliphatic heterocycles. The Hall–Kier alpha value is -3.55. The van der Waals surface area contributed by atoms with Crippen LogP contribution in [0.3, 0.4) is 0 Å². The number of para-hydroxylation sites is 1. The highest BCUT2D eigenvalue weighted by molar-refractivity contribution is 6.00. The average Bonchev–Trinajstić information content (AvgIpc) is 2.62. The van der Waals surface area contributed by atoms with Crippen LogP contribution < -0.4 is 26.6 Å². The molecule has 0 radical (unpaired) electrons. The predicted molar refractivity (Wildman–Crippen MR) is 101 cm³/mol. The van der Waals surface area contributed by atoms with Crippen molar-refractivity contribution in [2.45, 2.75) is 13.0 Å². The summed E-state index contributed by atoms with van der Waals surface area (Å²) in [6.07, 6.45) is 0. The van der Waals surface area contributed by atoms with Gasteiger partial charge in [-0.05, 0) is 37.3 Å². The number of hydrogen-bond acceptors (Lipinski definition) is 4. The minimum Gasteiger partial charge on any atom is -0.374 e. The Morgan fingerprint density at radius 2 is 1.42 bits per heavy atom. The number of anilines is 3. The van der Waals surface area contributed by atoms with E-state index in [1.165, 1.54) is 7.05 Å². The van der Waals surface area contributed by atoms with Gasteiger partial charge in [-0.3, -0.25) is 10.1 Å². The number of carbonyl (C=O) groups excluding carboxylic acids is 3. The minimum atomic E-state index is -0.638. The van der Waals surface area contributed by atoms with Gasteiger partial charge in [-0.25, -0.2) is 9.59 Å². The molecule has 0 aromatic heterocycles. The first-order valence-corrected chi connectivity index (χ1v) is 8.00. The van der Waals surface area contributed by atoms with Crippen LogP contribution in [0.5, 0.6) is 0 Å². The van der Waals surface area contributed by atoms with Crippen LogP contribution in [0.25, 0.3) is 0 Å².